The molecule has 1 amide bonds. The van der Waals surface area contributed by atoms with Crippen LogP contribution in [0.3, 0.4) is 0 Å². The summed E-state index contributed by atoms with van der Waals surface area (Å²) < 4.78 is 10.2. The lowest BCUT2D eigenvalue weighted by Crippen LogP contribution is -2.47. The van der Waals surface area contributed by atoms with Crippen LogP contribution in [-0.2, 0) is 9.53 Å². The van der Waals surface area contributed by atoms with Crippen molar-refractivity contribution in [1.82, 2.24) is 19.9 Å². The van der Waals surface area contributed by atoms with Gasteiger partial charge < -0.3 is 25.0 Å². The van der Waals surface area contributed by atoms with Crippen LogP contribution in [0, 0.1) is 0 Å². The Kier molecular flexibility index (Phi) is 5.09. The van der Waals surface area contributed by atoms with Gasteiger partial charge in [-0.05, 0) is 6.92 Å². The first-order valence-corrected chi connectivity index (χ1v) is 6.75. The van der Waals surface area contributed by atoms with E-state index in [0.29, 0.717) is 38.2 Å². The van der Waals surface area contributed by atoms with E-state index in [1.807, 2.05) is 0 Å². The Morgan fingerprint density at radius 1 is 1.29 bits per heavy atom. The topological polar surface area (TPSA) is 102 Å². The van der Waals surface area contributed by atoms with Gasteiger partial charge in [0, 0.05) is 20.1 Å². The number of carbonyl (C=O) groups excluding carboxylic acids is 1. The zero-order valence-corrected chi connectivity index (χ0v) is 12.4. The monoisotopic (exact) mass is 296 g/mol. The average Bonchev–Trinajstić information content (AvgIpc) is 2.54. The van der Waals surface area contributed by atoms with Crippen molar-refractivity contribution in [2.45, 2.75) is 13.0 Å². The Labute approximate surface area is 123 Å². The molecule has 1 aliphatic heterocycles. The third-order valence-electron chi connectivity index (χ3n) is 3.06. The molecular weight excluding hydrogens is 276 g/mol. The minimum atomic E-state index is -0.445. The second kappa shape index (κ2) is 7.02. The number of nitrogens with one attached hydrogen (secondary N) is 2. The fraction of sp³-hybridized carbons (Fsp3) is 0.667. The molecule has 0 bridgehead atoms. The average molecular weight is 296 g/mol. The van der Waals surface area contributed by atoms with Gasteiger partial charge in [0.1, 0.15) is 6.04 Å². The lowest BCUT2D eigenvalue weighted by Gasteiger charge is -2.29. The van der Waals surface area contributed by atoms with Crippen molar-refractivity contribution < 1.29 is 14.3 Å². The molecule has 1 aromatic heterocycles. The third-order valence-corrected chi connectivity index (χ3v) is 3.06. The van der Waals surface area contributed by atoms with Crippen LogP contribution in [0.15, 0.2) is 0 Å². The van der Waals surface area contributed by atoms with Crippen molar-refractivity contribution in [2.24, 2.45) is 0 Å². The second-order valence-corrected chi connectivity index (χ2v) is 4.52. The summed E-state index contributed by atoms with van der Waals surface area (Å²) in [6.45, 7) is 4.12. The number of methoxy groups -OCH3 is 1. The molecule has 1 fully saturated rings. The molecule has 9 heteroatoms. The Morgan fingerprint density at radius 2 is 1.95 bits per heavy atom. The molecule has 2 N–H and O–H groups in total. The number of nitrogens with zero attached hydrogens (tertiary/aromatic N) is 4. The molecule has 1 aliphatic rings. The summed E-state index contributed by atoms with van der Waals surface area (Å²) in [6, 6.07) is -0.261. The lowest BCUT2D eigenvalue weighted by molar-refractivity contribution is -0.135. The Balaban J connectivity index is 2.04. The number of amides is 1. The molecule has 116 valence electrons. The summed E-state index contributed by atoms with van der Waals surface area (Å²) in [6.07, 6.45) is 0. The van der Waals surface area contributed by atoms with Crippen molar-refractivity contribution in [3.63, 3.8) is 0 Å². The van der Waals surface area contributed by atoms with Crippen LogP contribution in [0.2, 0.25) is 0 Å². The van der Waals surface area contributed by atoms with Crippen molar-refractivity contribution in [3.8, 4) is 6.01 Å². The van der Waals surface area contributed by atoms with Crippen LogP contribution in [0.5, 0.6) is 6.01 Å². The maximum atomic E-state index is 12.3. The molecule has 2 heterocycles. The number of carbonyl (C=O) groups is 1. The van der Waals surface area contributed by atoms with Gasteiger partial charge in [-0.1, -0.05) is 0 Å². The van der Waals surface area contributed by atoms with Crippen LogP contribution < -0.4 is 15.4 Å². The Hall–Kier alpha value is -2.16. The molecule has 0 aliphatic carbocycles. The minimum absolute atomic E-state index is 0.0105. The Bertz CT molecular complexity index is 470. The highest BCUT2D eigenvalue weighted by molar-refractivity contribution is 5.83. The van der Waals surface area contributed by atoms with E-state index in [1.165, 1.54) is 7.11 Å². The number of anilines is 2. The molecule has 21 heavy (non-hydrogen) atoms. The highest BCUT2D eigenvalue weighted by Gasteiger charge is 2.23. The molecule has 0 radical (unpaired) electrons. The van der Waals surface area contributed by atoms with E-state index < -0.39 is 6.04 Å². The van der Waals surface area contributed by atoms with Crippen LogP contribution >= 0.6 is 0 Å². The summed E-state index contributed by atoms with van der Waals surface area (Å²) in [5.41, 5.74) is 0. The molecule has 0 spiro atoms. The highest BCUT2D eigenvalue weighted by atomic mass is 16.5. The molecule has 9 nitrogen and oxygen atoms in total. The molecule has 2 rings (SSSR count). The van der Waals surface area contributed by atoms with Crippen LogP contribution in [0.1, 0.15) is 6.92 Å². The second-order valence-electron chi connectivity index (χ2n) is 4.52. The van der Waals surface area contributed by atoms with E-state index in [2.05, 4.69) is 25.6 Å². The summed E-state index contributed by atoms with van der Waals surface area (Å²) in [5.74, 6) is 0.652. The van der Waals surface area contributed by atoms with Gasteiger partial charge in [-0.15, -0.1) is 0 Å². The van der Waals surface area contributed by atoms with Gasteiger partial charge >= 0.3 is 6.01 Å². The van der Waals surface area contributed by atoms with E-state index in [-0.39, 0.29) is 11.9 Å². The van der Waals surface area contributed by atoms with E-state index in [0.717, 1.165) is 0 Å². The number of ether oxygens (including phenoxy) is 2. The first kappa shape index (κ1) is 15.2. The normalized spacial score (nSPS) is 16.2. The SMILES string of the molecule is CNc1nc(NC(C)C(=O)N2CCOCC2)nc(OC)n1. The zero-order chi connectivity index (χ0) is 15.2. The van der Waals surface area contributed by atoms with Crippen molar-refractivity contribution in [3.05, 3.63) is 0 Å². The van der Waals surface area contributed by atoms with Gasteiger partial charge in [0.2, 0.25) is 17.8 Å². The highest BCUT2D eigenvalue weighted by Crippen LogP contribution is 2.12. The molecule has 1 atom stereocenters. The maximum absolute atomic E-state index is 12.3. The first-order valence-electron chi connectivity index (χ1n) is 6.75. The first-order chi connectivity index (χ1) is 10.1. The van der Waals surface area contributed by atoms with Gasteiger partial charge in [-0.3, -0.25) is 4.79 Å². The smallest absolute Gasteiger partial charge is 0.322 e. The third kappa shape index (κ3) is 3.91. The summed E-state index contributed by atoms with van der Waals surface area (Å²) in [5, 5.41) is 5.79. The molecular formula is C12H20N6O3. The fourth-order valence-corrected chi connectivity index (χ4v) is 1.94. The van der Waals surface area contributed by atoms with Gasteiger partial charge in [0.15, 0.2) is 0 Å². The van der Waals surface area contributed by atoms with Crippen LogP contribution in [0.25, 0.3) is 0 Å². The van der Waals surface area contributed by atoms with Crippen LogP contribution in [-0.4, -0.2) is 72.3 Å². The molecule has 0 saturated carbocycles. The zero-order valence-electron chi connectivity index (χ0n) is 12.4. The van der Waals surface area contributed by atoms with E-state index in [1.54, 1.807) is 18.9 Å². The van der Waals surface area contributed by atoms with Gasteiger partial charge in [-0.2, -0.15) is 15.0 Å². The quantitative estimate of drug-likeness (QED) is 0.755. The van der Waals surface area contributed by atoms with Gasteiger partial charge in [0.05, 0.1) is 20.3 Å². The fourth-order valence-electron chi connectivity index (χ4n) is 1.94. The molecule has 0 aromatic carbocycles. The number of hydrogen-bond acceptors (Lipinski definition) is 8. The maximum Gasteiger partial charge on any atom is 0.322 e. The number of rotatable bonds is 5. The van der Waals surface area contributed by atoms with Crippen molar-refractivity contribution in [1.29, 1.82) is 0 Å². The van der Waals surface area contributed by atoms with E-state index in [4.69, 9.17) is 9.47 Å². The standard InChI is InChI=1S/C12H20N6O3/c1-8(9(19)18-4-6-21-7-5-18)14-11-15-10(13-2)16-12(17-11)20-3/h8H,4-7H2,1-3H3,(H2,13,14,15,16,17). The van der Waals surface area contributed by atoms with Crippen molar-refractivity contribution in [2.75, 3.05) is 51.1 Å². The summed E-state index contributed by atoms with van der Waals surface area (Å²) in [7, 11) is 3.17. The number of aromatic nitrogens is 3. The minimum Gasteiger partial charge on any atom is -0.467 e. The largest absolute Gasteiger partial charge is 0.467 e. The van der Waals surface area contributed by atoms with E-state index in [9.17, 15) is 4.79 Å². The van der Waals surface area contributed by atoms with Gasteiger partial charge in [0.25, 0.3) is 0 Å². The van der Waals surface area contributed by atoms with Crippen LogP contribution in [0.4, 0.5) is 11.9 Å². The molecule has 1 unspecified atom stereocenters. The van der Waals surface area contributed by atoms with Gasteiger partial charge in [-0.25, -0.2) is 0 Å². The predicted octanol–water partition coefficient (Wildman–Crippen LogP) is -0.419. The summed E-state index contributed by atoms with van der Waals surface area (Å²) >= 11 is 0. The van der Waals surface area contributed by atoms with E-state index >= 15 is 0 Å². The number of morpholine rings is 1. The van der Waals surface area contributed by atoms with Crippen molar-refractivity contribution >= 4 is 17.8 Å². The Morgan fingerprint density at radius 3 is 2.57 bits per heavy atom. The number of hydrogen-bond donors (Lipinski definition) is 2. The summed E-state index contributed by atoms with van der Waals surface area (Å²) in [4.78, 5) is 26.3. The predicted molar refractivity (Wildman–Crippen MR) is 76.4 cm³/mol. The molecule has 1 aromatic rings. The lowest BCUT2D eigenvalue weighted by atomic mass is 10.2. The molecule has 1 saturated heterocycles.